The lowest BCUT2D eigenvalue weighted by Gasteiger charge is -2.34. The average Bonchev–Trinajstić information content (AvgIpc) is 2.27. The van der Waals surface area contributed by atoms with Gasteiger partial charge in [0.05, 0.1) is 17.8 Å². The zero-order valence-corrected chi connectivity index (χ0v) is 9.66. The van der Waals surface area contributed by atoms with E-state index in [1.165, 1.54) is 17.7 Å². The highest BCUT2D eigenvalue weighted by Crippen LogP contribution is 2.36. The number of benzene rings is 1. The number of hydrogen-bond acceptors (Lipinski definition) is 4. The molecule has 0 N–H and O–H groups in total. The van der Waals surface area contributed by atoms with Gasteiger partial charge in [-0.05, 0) is 25.5 Å². The maximum absolute atomic E-state index is 9.07. The van der Waals surface area contributed by atoms with Gasteiger partial charge in [0.15, 0.2) is 6.19 Å². The van der Waals surface area contributed by atoms with Crippen molar-refractivity contribution in [2.45, 2.75) is 26.4 Å². The van der Waals surface area contributed by atoms with Crippen LogP contribution >= 0.6 is 12.1 Å². The van der Waals surface area contributed by atoms with Gasteiger partial charge in [-0.2, -0.15) is 5.26 Å². The second-order valence-corrected chi connectivity index (χ2v) is 4.77. The fourth-order valence-electron chi connectivity index (χ4n) is 1.54. The fourth-order valence-corrected chi connectivity index (χ4v) is 2.43. The summed E-state index contributed by atoms with van der Waals surface area (Å²) in [6, 6.07) is 8.48. The fraction of sp³-hybridized carbons (Fsp3) is 0.364. The number of hydrogen-bond donors (Lipinski definition) is 0. The van der Waals surface area contributed by atoms with E-state index in [9.17, 15) is 0 Å². The van der Waals surface area contributed by atoms with Crippen LogP contribution in [0.25, 0.3) is 0 Å². The molecule has 0 atom stereocenters. The summed E-state index contributed by atoms with van der Waals surface area (Å²) < 4.78 is 3.87. The van der Waals surface area contributed by atoms with Crippen LogP contribution in [0.3, 0.4) is 0 Å². The van der Waals surface area contributed by atoms with Crippen molar-refractivity contribution in [2.75, 3.05) is 4.31 Å². The molecule has 0 fully saturated rings. The zero-order chi connectivity index (χ0) is 10.8. The van der Waals surface area contributed by atoms with E-state index in [4.69, 9.17) is 5.26 Å². The maximum atomic E-state index is 9.07. The Hall–Kier alpha value is -1.18. The average molecular weight is 219 g/mol. The quantitative estimate of drug-likeness (QED) is 0.536. The van der Waals surface area contributed by atoms with Crippen LogP contribution in [-0.2, 0) is 6.54 Å². The van der Waals surface area contributed by atoms with Crippen LogP contribution in [0.1, 0.15) is 19.4 Å². The number of para-hydroxylation sites is 1. The van der Waals surface area contributed by atoms with Crippen molar-refractivity contribution in [2.24, 2.45) is 0 Å². The van der Waals surface area contributed by atoms with Crippen molar-refractivity contribution >= 4 is 17.8 Å². The lowest BCUT2D eigenvalue weighted by molar-refractivity contribution is 0.387. The molecular formula is C11H13N3S. The van der Waals surface area contributed by atoms with Gasteiger partial charge >= 0.3 is 0 Å². The summed E-state index contributed by atoms with van der Waals surface area (Å²) >= 11 is 1.49. The van der Waals surface area contributed by atoms with Crippen molar-refractivity contribution in [3.63, 3.8) is 0 Å². The molecule has 3 nitrogen and oxygen atoms in total. The molecule has 0 unspecified atom stereocenters. The molecule has 4 heteroatoms. The van der Waals surface area contributed by atoms with E-state index in [-0.39, 0.29) is 0 Å². The predicted molar refractivity (Wildman–Crippen MR) is 62.8 cm³/mol. The van der Waals surface area contributed by atoms with Crippen molar-refractivity contribution in [3.05, 3.63) is 29.8 Å². The molecule has 1 aromatic rings. The van der Waals surface area contributed by atoms with Gasteiger partial charge in [-0.25, -0.2) is 8.61 Å². The summed E-state index contributed by atoms with van der Waals surface area (Å²) in [5.74, 6) is 0. The Morgan fingerprint density at radius 3 is 2.80 bits per heavy atom. The smallest absolute Gasteiger partial charge is 0.196 e. The van der Waals surface area contributed by atoms with Crippen molar-refractivity contribution < 1.29 is 0 Å². The summed E-state index contributed by atoms with van der Waals surface area (Å²) in [6.45, 7) is 5.17. The summed E-state index contributed by atoms with van der Waals surface area (Å²) in [5, 5.41) is 9.07. The third-order valence-corrected chi connectivity index (χ3v) is 3.59. The number of fused-ring (bicyclic) bond motifs is 1. The minimum Gasteiger partial charge on any atom is -0.224 e. The van der Waals surface area contributed by atoms with Crippen LogP contribution in [0.15, 0.2) is 24.3 Å². The van der Waals surface area contributed by atoms with Gasteiger partial charge in [0.2, 0.25) is 0 Å². The molecule has 78 valence electrons. The van der Waals surface area contributed by atoms with E-state index in [1.54, 1.807) is 4.31 Å². The van der Waals surface area contributed by atoms with Gasteiger partial charge < -0.3 is 0 Å². The number of nitrogens with zero attached hydrogens (tertiary/aromatic N) is 3. The highest BCUT2D eigenvalue weighted by molar-refractivity contribution is 7.98. The second-order valence-electron chi connectivity index (χ2n) is 3.77. The molecule has 0 saturated carbocycles. The summed E-state index contributed by atoms with van der Waals surface area (Å²) in [4.78, 5) is 0. The number of anilines is 1. The Kier molecular flexibility index (Phi) is 2.85. The lowest BCUT2D eigenvalue weighted by Crippen LogP contribution is -2.32. The SMILES string of the molecule is CC(C)N1Cc2ccccc2N(C#N)S1. The van der Waals surface area contributed by atoms with E-state index in [0.717, 1.165) is 12.2 Å². The Balaban J connectivity index is 2.35. The predicted octanol–water partition coefficient (Wildman–Crippen LogP) is 2.76. The molecule has 0 aliphatic carbocycles. The van der Waals surface area contributed by atoms with Crippen LogP contribution in [0.4, 0.5) is 5.69 Å². The van der Waals surface area contributed by atoms with Crippen LogP contribution < -0.4 is 4.31 Å². The van der Waals surface area contributed by atoms with Gasteiger partial charge in [0.1, 0.15) is 0 Å². The molecule has 1 aromatic carbocycles. The lowest BCUT2D eigenvalue weighted by atomic mass is 10.1. The van der Waals surface area contributed by atoms with Gasteiger partial charge in [-0.15, -0.1) is 0 Å². The molecule has 0 amide bonds. The van der Waals surface area contributed by atoms with E-state index in [2.05, 4.69) is 30.4 Å². The molecule has 0 saturated heterocycles. The van der Waals surface area contributed by atoms with Crippen molar-refractivity contribution in [1.29, 1.82) is 5.26 Å². The first kappa shape index (κ1) is 10.3. The summed E-state index contributed by atoms with van der Waals surface area (Å²) in [7, 11) is 0. The summed E-state index contributed by atoms with van der Waals surface area (Å²) in [6.07, 6.45) is 2.20. The third kappa shape index (κ3) is 1.94. The Morgan fingerprint density at radius 1 is 1.40 bits per heavy atom. The first-order valence-electron chi connectivity index (χ1n) is 4.95. The summed E-state index contributed by atoms with van der Waals surface area (Å²) in [5.41, 5.74) is 2.23. The monoisotopic (exact) mass is 219 g/mol. The Labute approximate surface area is 94.6 Å². The van der Waals surface area contributed by atoms with Crippen LogP contribution in [-0.4, -0.2) is 10.3 Å². The molecule has 0 bridgehead atoms. The molecule has 0 radical (unpaired) electrons. The van der Waals surface area contributed by atoms with Crippen molar-refractivity contribution in [1.82, 2.24) is 4.31 Å². The van der Waals surface area contributed by atoms with Crippen LogP contribution in [0, 0.1) is 11.5 Å². The minimum atomic E-state index is 0.430. The molecule has 0 aromatic heterocycles. The second kappa shape index (κ2) is 4.13. The van der Waals surface area contributed by atoms with E-state index in [1.807, 2.05) is 18.2 Å². The van der Waals surface area contributed by atoms with E-state index >= 15 is 0 Å². The van der Waals surface area contributed by atoms with Gasteiger partial charge in [-0.3, -0.25) is 0 Å². The van der Waals surface area contributed by atoms with Gasteiger partial charge in [0, 0.05) is 12.6 Å². The molecule has 0 spiro atoms. The molecular weight excluding hydrogens is 206 g/mol. The van der Waals surface area contributed by atoms with E-state index < -0.39 is 0 Å². The first-order chi connectivity index (χ1) is 7.22. The number of nitriles is 1. The van der Waals surface area contributed by atoms with Crippen LogP contribution in [0.2, 0.25) is 0 Å². The molecule has 1 aliphatic rings. The van der Waals surface area contributed by atoms with E-state index in [0.29, 0.717) is 6.04 Å². The molecule has 2 rings (SSSR count). The topological polar surface area (TPSA) is 30.3 Å². The highest BCUT2D eigenvalue weighted by Gasteiger charge is 2.24. The molecule has 1 heterocycles. The molecule has 15 heavy (non-hydrogen) atoms. The largest absolute Gasteiger partial charge is 0.224 e. The first-order valence-corrected chi connectivity index (χ1v) is 5.68. The zero-order valence-electron chi connectivity index (χ0n) is 8.84. The standard InChI is InChI=1S/C11H13N3S/c1-9(2)13-7-10-5-3-4-6-11(10)14(8-12)15-13/h3-6,9H,7H2,1-2H3. The Bertz CT molecular complexity index is 397. The third-order valence-electron chi connectivity index (χ3n) is 2.39. The van der Waals surface area contributed by atoms with Gasteiger partial charge in [0.25, 0.3) is 0 Å². The molecule has 1 aliphatic heterocycles. The number of rotatable bonds is 1. The van der Waals surface area contributed by atoms with Gasteiger partial charge in [-0.1, -0.05) is 18.2 Å². The minimum absolute atomic E-state index is 0.430. The van der Waals surface area contributed by atoms with Crippen LogP contribution in [0.5, 0.6) is 0 Å². The van der Waals surface area contributed by atoms with Crippen molar-refractivity contribution in [3.8, 4) is 6.19 Å². The maximum Gasteiger partial charge on any atom is 0.196 e. The Morgan fingerprint density at radius 2 is 2.13 bits per heavy atom. The highest BCUT2D eigenvalue weighted by atomic mass is 32.2. The normalized spacial score (nSPS) is 16.3.